The van der Waals surface area contributed by atoms with Crippen LogP contribution < -0.4 is 5.32 Å². The van der Waals surface area contributed by atoms with Crippen LogP contribution in [0, 0.1) is 5.92 Å². The van der Waals surface area contributed by atoms with E-state index in [9.17, 15) is 5.11 Å². The van der Waals surface area contributed by atoms with Gasteiger partial charge in [-0.3, -0.25) is 0 Å². The quantitative estimate of drug-likeness (QED) is 0.757. The molecule has 2 N–H and O–H groups in total. The largest absolute Gasteiger partial charge is 0.389 e. The Balaban J connectivity index is 1.52. The molecule has 0 aromatic heterocycles. The van der Waals surface area contributed by atoms with Crippen molar-refractivity contribution in [1.82, 2.24) is 5.32 Å². The Kier molecular flexibility index (Phi) is 7.86. The maximum absolute atomic E-state index is 10.1. The first-order chi connectivity index (χ1) is 10.2. The third-order valence-corrected chi connectivity index (χ3v) is 6.27. The molecule has 4 heteroatoms. The lowest BCUT2D eigenvalue weighted by atomic mass is 9.89. The van der Waals surface area contributed by atoms with E-state index in [0.29, 0.717) is 25.3 Å². The molecule has 0 amide bonds. The number of aliphatic hydroxyl groups excluding tert-OH is 1. The maximum Gasteiger partial charge on any atom is 0.0897 e. The van der Waals surface area contributed by atoms with Crippen LogP contribution in [0.2, 0.25) is 0 Å². The fraction of sp³-hybridized carbons (Fsp3) is 1.00. The molecule has 0 bridgehead atoms. The van der Waals surface area contributed by atoms with Crippen molar-refractivity contribution in [1.29, 1.82) is 0 Å². The Morgan fingerprint density at radius 3 is 2.38 bits per heavy atom. The van der Waals surface area contributed by atoms with Crippen LogP contribution in [-0.4, -0.2) is 48.0 Å². The SMILES string of the molecule is CSC1CCC(NCC(O)COC2CCC(C)CC2)CC1. The number of nitrogens with one attached hydrogen (secondary N) is 1. The predicted octanol–water partition coefficient (Wildman–Crippen LogP) is 3.21. The second-order valence-electron chi connectivity index (χ2n) is 6.99. The van der Waals surface area contributed by atoms with Crippen LogP contribution in [0.5, 0.6) is 0 Å². The predicted molar refractivity (Wildman–Crippen MR) is 90.9 cm³/mol. The van der Waals surface area contributed by atoms with E-state index in [-0.39, 0.29) is 6.10 Å². The molecular formula is C17H33NO2S. The highest BCUT2D eigenvalue weighted by atomic mass is 32.2. The van der Waals surface area contributed by atoms with Gasteiger partial charge >= 0.3 is 0 Å². The van der Waals surface area contributed by atoms with E-state index in [1.807, 2.05) is 11.8 Å². The minimum Gasteiger partial charge on any atom is -0.389 e. The molecule has 1 atom stereocenters. The van der Waals surface area contributed by atoms with Crippen molar-refractivity contribution < 1.29 is 9.84 Å². The molecule has 2 fully saturated rings. The van der Waals surface area contributed by atoms with Crippen molar-refractivity contribution in [3.8, 4) is 0 Å². The van der Waals surface area contributed by atoms with Gasteiger partial charge in [0.1, 0.15) is 0 Å². The molecule has 3 nitrogen and oxygen atoms in total. The molecule has 0 saturated heterocycles. The van der Waals surface area contributed by atoms with E-state index in [1.165, 1.54) is 51.4 Å². The van der Waals surface area contributed by atoms with Crippen molar-refractivity contribution in [3.63, 3.8) is 0 Å². The summed E-state index contributed by atoms with van der Waals surface area (Å²) in [4.78, 5) is 0. The van der Waals surface area contributed by atoms with Crippen molar-refractivity contribution in [3.05, 3.63) is 0 Å². The summed E-state index contributed by atoms with van der Waals surface area (Å²) in [5.74, 6) is 0.854. The van der Waals surface area contributed by atoms with Gasteiger partial charge in [0.25, 0.3) is 0 Å². The lowest BCUT2D eigenvalue weighted by Crippen LogP contribution is -2.40. The molecule has 0 radical (unpaired) electrons. The Hall–Kier alpha value is 0.230. The van der Waals surface area contributed by atoms with Crippen LogP contribution in [0.15, 0.2) is 0 Å². The second kappa shape index (κ2) is 9.39. The van der Waals surface area contributed by atoms with Crippen LogP contribution in [0.25, 0.3) is 0 Å². The number of ether oxygens (including phenoxy) is 1. The molecule has 0 aliphatic heterocycles. The second-order valence-corrected chi connectivity index (χ2v) is 8.12. The highest BCUT2D eigenvalue weighted by molar-refractivity contribution is 7.99. The smallest absolute Gasteiger partial charge is 0.0897 e. The summed E-state index contributed by atoms with van der Waals surface area (Å²) in [5, 5.41) is 14.4. The molecule has 0 heterocycles. The fourth-order valence-electron chi connectivity index (χ4n) is 3.51. The number of hydrogen-bond donors (Lipinski definition) is 2. The standard InChI is InChI=1S/C17H33NO2S/c1-13-3-7-16(8-4-13)20-12-15(19)11-18-14-5-9-17(21-2)10-6-14/h13-19H,3-12H2,1-2H3. The van der Waals surface area contributed by atoms with Gasteiger partial charge in [-0.1, -0.05) is 6.92 Å². The van der Waals surface area contributed by atoms with Crippen molar-refractivity contribution in [2.24, 2.45) is 5.92 Å². The summed E-state index contributed by atoms with van der Waals surface area (Å²) >= 11 is 2.00. The van der Waals surface area contributed by atoms with Gasteiger partial charge in [-0.25, -0.2) is 0 Å². The minimum atomic E-state index is -0.359. The number of thioether (sulfide) groups is 1. The number of aliphatic hydroxyl groups is 1. The zero-order valence-electron chi connectivity index (χ0n) is 13.7. The van der Waals surface area contributed by atoms with E-state index >= 15 is 0 Å². The van der Waals surface area contributed by atoms with E-state index in [1.54, 1.807) is 0 Å². The summed E-state index contributed by atoms with van der Waals surface area (Å²) in [6.45, 7) is 3.49. The zero-order chi connectivity index (χ0) is 15.1. The van der Waals surface area contributed by atoms with E-state index in [2.05, 4.69) is 18.5 Å². The maximum atomic E-state index is 10.1. The molecule has 2 rings (SSSR count). The van der Waals surface area contributed by atoms with Crippen LogP contribution in [-0.2, 0) is 4.74 Å². The molecule has 1 unspecified atom stereocenters. The van der Waals surface area contributed by atoms with Crippen molar-refractivity contribution in [2.45, 2.75) is 81.8 Å². The monoisotopic (exact) mass is 315 g/mol. The molecule has 2 aliphatic carbocycles. The molecular weight excluding hydrogens is 282 g/mol. The van der Waals surface area contributed by atoms with Gasteiger partial charge in [0.15, 0.2) is 0 Å². The topological polar surface area (TPSA) is 41.5 Å². The normalized spacial score (nSPS) is 35.6. The summed E-state index contributed by atoms with van der Waals surface area (Å²) in [7, 11) is 0. The highest BCUT2D eigenvalue weighted by Gasteiger charge is 2.22. The highest BCUT2D eigenvalue weighted by Crippen LogP contribution is 2.27. The average molecular weight is 316 g/mol. The van der Waals surface area contributed by atoms with Gasteiger partial charge in [-0.15, -0.1) is 0 Å². The van der Waals surface area contributed by atoms with Gasteiger partial charge in [-0.05, 0) is 63.5 Å². The van der Waals surface area contributed by atoms with Crippen molar-refractivity contribution in [2.75, 3.05) is 19.4 Å². The molecule has 2 saturated carbocycles. The summed E-state index contributed by atoms with van der Waals surface area (Å²) in [5.41, 5.74) is 0. The van der Waals surface area contributed by atoms with Crippen LogP contribution in [0.3, 0.4) is 0 Å². The van der Waals surface area contributed by atoms with Crippen LogP contribution in [0.4, 0.5) is 0 Å². The van der Waals surface area contributed by atoms with Crippen LogP contribution >= 0.6 is 11.8 Å². The molecule has 0 spiro atoms. The zero-order valence-corrected chi connectivity index (χ0v) is 14.5. The summed E-state index contributed by atoms with van der Waals surface area (Å²) < 4.78 is 5.87. The van der Waals surface area contributed by atoms with E-state index < -0.39 is 0 Å². The summed E-state index contributed by atoms with van der Waals surface area (Å²) in [6, 6.07) is 0.596. The Bertz CT molecular complexity index is 274. The van der Waals surface area contributed by atoms with Crippen LogP contribution in [0.1, 0.15) is 58.3 Å². The van der Waals surface area contributed by atoms with E-state index in [4.69, 9.17) is 4.74 Å². The first kappa shape index (κ1) is 17.6. The van der Waals surface area contributed by atoms with Gasteiger partial charge in [0, 0.05) is 17.8 Å². The Labute approximate surface area is 134 Å². The molecule has 2 aliphatic rings. The van der Waals surface area contributed by atoms with Crippen molar-refractivity contribution >= 4 is 11.8 Å². The first-order valence-corrected chi connectivity index (χ1v) is 10.0. The number of rotatable bonds is 7. The van der Waals surface area contributed by atoms with Gasteiger partial charge in [-0.2, -0.15) is 11.8 Å². The van der Waals surface area contributed by atoms with E-state index in [0.717, 1.165) is 11.2 Å². The average Bonchev–Trinajstić information content (AvgIpc) is 2.53. The number of hydrogen-bond acceptors (Lipinski definition) is 4. The van der Waals surface area contributed by atoms with Gasteiger partial charge in [0.2, 0.25) is 0 Å². The Morgan fingerprint density at radius 1 is 1.10 bits per heavy atom. The summed E-state index contributed by atoms with van der Waals surface area (Å²) in [6.07, 6.45) is 12.2. The minimum absolute atomic E-state index is 0.359. The molecule has 124 valence electrons. The fourth-order valence-corrected chi connectivity index (χ4v) is 4.25. The molecule has 0 aromatic rings. The first-order valence-electron chi connectivity index (χ1n) is 8.73. The molecule has 0 aromatic carbocycles. The lowest BCUT2D eigenvalue weighted by Gasteiger charge is -2.30. The third-order valence-electron chi connectivity index (χ3n) is 5.14. The lowest BCUT2D eigenvalue weighted by molar-refractivity contribution is -0.0286. The third kappa shape index (κ3) is 6.47. The van der Waals surface area contributed by atoms with Gasteiger partial charge in [0.05, 0.1) is 18.8 Å². The Morgan fingerprint density at radius 2 is 1.76 bits per heavy atom. The molecule has 21 heavy (non-hydrogen) atoms. The van der Waals surface area contributed by atoms with Gasteiger partial charge < -0.3 is 15.2 Å².